The molecule has 0 bridgehead atoms. The smallest absolute Gasteiger partial charge is 0.143 e. The molecule has 0 aliphatic rings. The maximum absolute atomic E-state index is 7.01. The van der Waals surface area contributed by atoms with Crippen LogP contribution in [0.25, 0.3) is 99.5 Å². The van der Waals surface area contributed by atoms with E-state index in [-0.39, 0.29) is 0 Å². The van der Waals surface area contributed by atoms with Crippen LogP contribution in [0, 0.1) is 0 Å². The van der Waals surface area contributed by atoms with Crippen LogP contribution in [-0.2, 0) is 0 Å². The van der Waals surface area contributed by atoms with E-state index in [4.69, 9.17) is 8.83 Å². The third kappa shape index (κ3) is 6.46. The van der Waals surface area contributed by atoms with Crippen molar-refractivity contribution in [2.24, 2.45) is 0 Å². The molecule has 0 unspecified atom stereocenters. The van der Waals surface area contributed by atoms with Crippen LogP contribution >= 0.6 is 0 Å². The highest BCUT2D eigenvalue weighted by atomic mass is 16.3. The molecule has 0 fully saturated rings. The van der Waals surface area contributed by atoms with Crippen molar-refractivity contribution in [3.63, 3.8) is 0 Å². The van der Waals surface area contributed by atoms with Gasteiger partial charge in [-0.3, -0.25) is 0 Å². The summed E-state index contributed by atoms with van der Waals surface area (Å²) in [6, 6.07) is 83.9. The molecular weight excluding hydrogens is 767 g/mol. The SMILES string of the molecule is c1ccc(-c2ccc(N(c3ccc(-c4ccccc4)cc3)c3ccc(-c4cc(-c5cccc6c5oc5ccccc56)c5oc6c(-c7ccccc7)cccc6c5c4)cc3)cc2)cc1. The van der Waals surface area contributed by atoms with Crippen molar-refractivity contribution in [3.05, 3.63) is 237 Å². The minimum Gasteiger partial charge on any atom is -0.455 e. The van der Waals surface area contributed by atoms with E-state index in [1.807, 2.05) is 18.2 Å². The lowest BCUT2D eigenvalue weighted by molar-refractivity contribution is 0.665. The Morgan fingerprint density at radius 2 is 0.651 bits per heavy atom. The molecule has 0 spiro atoms. The van der Waals surface area contributed by atoms with E-state index < -0.39 is 0 Å². The van der Waals surface area contributed by atoms with E-state index >= 15 is 0 Å². The summed E-state index contributed by atoms with van der Waals surface area (Å²) in [5.41, 5.74) is 17.8. The fourth-order valence-electron chi connectivity index (χ4n) is 9.19. The Morgan fingerprint density at radius 3 is 1.22 bits per heavy atom. The Kier molecular flexibility index (Phi) is 8.83. The third-order valence-corrected chi connectivity index (χ3v) is 12.3. The molecular formula is C60H39NO2. The quantitative estimate of drug-likeness (QED) is 0.153. The molecule has 0 amide bonds. The van der Waals surface area contributed by atoms with Crippen molar-refractivity contribution in [2.45, 2.75) is 0 Å². The van der Waals surface area contributed by atoms with Crippen molar-refractivity contribution in [3.8, 4) is 55.6 Å². The van der Waals surface area contributed by atoms with Gasteiger partial charge in [0.15, 0.2) is 0 Å². The first-order valence-corrected chi connectivity index (χ1v) is 21.4. The minimum atomic E-state index is 0.839. The molecule has 296 valence electrons. The van der Waals surface area contributed by atoms with Crippen LogP contribution in [0.2, 0.25) is 0 Å². The predicted octanol–water partition coefficient (Wildman–Crippen LogP) is 17.3. The van der Waals surface area contributed by atoms with E-state index in [1.165, 1.54) is 22.3 Å². The highest BCUT2D eigenvalue weighted by molar-refractivity contribution is 6.17. The van der Waals surface area contributed by atoms with Crippen molar-refractivity contribution in [1.29, 1.82) is 0 Å². The zero-order valence-corrected chi connectivity index (χ0v) is 34.3. The fraction of sp³-hybridized carbons (Fsp3) is 0. The van der Waals surface area contributed by atoms with Crippen molar-refractivity contribution in [1.82, 2.24) is 0 Å². The van der Waals surface area contributed by atoms with Crippen LogP contribution in [0.3, 0.4) is 0 Å². The van der Waals surface area contributed by atoms with Gasteiger partial charge in [0, 0.05) is 55.3 Å². The first-order valence-electron chi connectivity index (χ1n) is 21.4. The second kappa shape index (κ2) is 15.3. The number of hydrogen-bond acceptors (Lipinski definition) is 3. The molecule has 12 rings (SSSR count). The van der Waals surface area contributed by atoms with Gasteiger partial charge in [0.05, 0.1) is 0 Å². The first-order chi connectivity index (χ1) is 31.2. The van der Waals surface area contributed by atoms with Gasteiger partial charge < -0.3 is 13.7 Å². The number of nitrogens with zero attached hydrogens (tertiary/aromatic N) is 1. The molecule has 2 aromatic heterocycles. The Bertz CT molecular complexity index is 3490. The largest absolute Gasteiger partial charge is 0.455 e. The summed E-state index contributed by atoms with van der Waals surface area (Å²) in [4.78, 5) is 2.33. The molecule has 10 aromatic carbocycles. The van der Waals surface area contributed by atoms with Gasteiger partial charge in [-0.2, -0.15) is 0 Å². The zero-order valence-electron chi connectivity index (χ0n) is 34.3. The maximum Gasteiger partial charge on any atom is 0.143 e. The van der Waals surface area contributed by atoms with Gasteiger partial charge in [-0.15, -0.1) is 0 Å². The van der Waals surface area contributed by atoms with Crippen LogP contribution in [0.1, 0.15) is 0 Å². The summed E-state index contributed by atoms with van der Waals surface area (Å²) in [5, 5.41) is 4.32. The summed E-state index contributed by atoms with van der Waals surface area (Å²) < 4.78 is 13.7. The maximum atomic E-state index is 7.01. The topological polar surface area (TPSA) is 29.5 Å². The van der Waals surface area contributed by atoms with Gasteiger partial charge in [-0.25, -0.2) is 0 Å². The second-order valence-corrected chi connectivity index (χ2v) is 16.0. The van der Waals surface area contributed by atoms with Crippen molar-refractivity contribution < 1.29 is 8.83 Å². The van der Waals surface area contributed by atoms with E-state index in [9.17, 15) is 0 Å². The minimum absolute atomic E-state index is 0.839. The number of anilines is 3. The highest BCUT2D eigenvalue weighted by Crippen LogP contribution is 2.46. The monoisotopic (exact) mass is 805 g/mol. The van der Waals surface area contributed by atoms with Gasteiger partial charge in [0.2, 0.25) is 0 Å². The second-order valence-electron chi connectivity index (χ2n) is 16.0. The van der Waals surface area contributed by atoms with Gasteiger partial charge in [0.25, 0.3) is 0 Å². The lowest BCUT2D eigenvalue weighted by Crippen LogP contribution is -2.09. The van der Waals surface area contributed by atoms with Crippen LogP contribution in [0.5, 0.6) is 0 Å². The molecule has 0 N–H and O–H groups in total. The molecule has 12 aromatic rings. The molecule has 0 saturated carbocycles. The summed E-state index contributed by atoms with van der Waals surface area (Å²) in [7, 11) is 0. The van der Waals surface area contributed by atoms with Crippen molar-refractivity contribution >= 4 is 60.9 Å². The molecule has 0 aliphatic carbocycles. The van der Waals surface area contributed by atoms with Crippen molar-refractivity contribution in [2.75, 3.05) is 4.90 Å². The molecule has 63 heavy (non-hydrogen) atoms. The number of fused-ring (bicyclic) bond motifs is 6. The zero-order chi connectivity index (χ0) is 41.7. The Labute approximate surface area is 365 Å². The molecule has 3 nitrogen and oxygen atoms in total. The third-order valence-electron chi connectivity index (χ3n) is 12.3. The van der Waals surface area contributed by atoms with Crippen LogP contribution in [0.4, 0.5) is 17.1 Å². The Balaban J connectivity index is 1.01. The molecule has 0 aliphatic heterocycles. The normalized spacial score (nSPS) is 11.5. The summed E-state index contributed by atoms with van der Waals surface area (Å²) in [5.74, 6) is 0. The van der Waals surface area contributed by atoms with E-state index in [1.54, 1.807) is 0 Å². The van der Waals surface area contributed by atoms with E-state index in [0.717, 1.165) is 94.3 Å². The Hall–Kier alpha value is -8.40. The summed E-state index contributed by atoms with van der Waals surface area (Å²) in [6.45, 7) is 0. The number of furan rings is 2. The average Bonchev–Trinajstić information content (AvgIpc) is 3.94. The summed E-state index contributed by atoms with van der Waals surface area (Å²) in [6.07, 6.45) is 0. The number of rotatable bonds is 8. The Morgan fingerprint density at radius 1 is 0.238 bits per heavy atom. The summed E-state index contributed by atoms with van der Waals surface area (Å²) >= 11 is 0. The standard InChI is InChI=1S/C60H39NO2/c1-4-14-40(15-5-1)42-26-32-47(33-27-42)61(48-34-28-43(29-35-48)41-16-6-2-7-17-41)49-36-30-44(31-37-49)46-38-55-53-23-12-21-50(45-18-8-3-9-19-45)58(53)63-60(55)56(39-46)54-24-13-22-52-51-20-10-11-25-57(51)62-59(52)54/h1-39H. The number of hydrogen-bond donors (Lipinski definition) is 0. The molecule has 0 atom stereocenters. The van der Waals surface area contributed by atoms with Gasteiger partial charge in [-0.05, 0) is 93.5 Å². The van der Waals surface area contributed by atoms with E-state index in [2.05, 4.69) is 223 Å². The molecule has 0 radical (unpaired) electrons. The number of benzene rings is 10. The van der Waals surface area contributed by atoms with Gasteiger partial charge in [0.1, 0.15) is 22.3 Å². The fourth-order valence-corrected chi connectivity index (χ4v) is 9.19. The van der Waals surface area contributed by atoms with E-state index in [0.29, 0.717) is 0 Å². The molecule has 0 saturated heterocycles. The number of para-hydroxylation sites is 3. The van der Waals surface area contributed by atoms with Crippen LogP contribution in [-0.4, -0.2) is 0 Å². The molecule has 3 heteroatoms. The lowest BCUT2D eigenvalue weighted by Gasteiger charge is -2.26. The lowest BCUT2D eigenvalue weighted by atomic mass is 9.94. The van der Waals surface area contributed by atoms with Gasteiger partial charge >= 0.3 is 0 Å². The van der Waals surface area contributed by atoms with Gasteiger partial charge in [-0.1, -0.05) is 182 Å². The first kappa shape index (κ1) is 36.5. The average molecular weight is 806 g/mol. The van der Waals surface area contributed by atoms with Crippen LogP contribution in [0.15, 0.2) is 245 Å². The molecule has 2 heterocycles. The van der Waals surface area contributed by atoms with Crippen LogP contribution < -0.4 is 4.90 Å². The highest BCUT2D eigenvalue weighted by Gasteiger charge is 2.21. The predicted molar refractivity (Wildman–Crippen MR) is 263 cm³/mol.